The third-order valence-electron chi connectivity index (χ3n) is 2.85. The lowest BCUT2D eigenvalue weighted by molar-refractivity contribution is 0.628. The minimum Gasteiger partial charge on any atom is -0.396 e. The average Bonchev–Trinajstić information content (AvgIpc) is 2.90. The minimum absolute atomic E-state index is 0.0990. The molecule has 0 aliphatic heterocycles. The van der Waals surface area contributed by atoms with E-state index in [0.29, 0.717) is 6.54 Å². The van der Waals surface area contributed by atoms with Gasteiger partial charge in [-0.15, -0.1) is 0 Å². The first kappa shape index (κ1) is 8.51. The predicted octanol–water partition coefficient (Wildman–Crippen LogP) is 1.40. The van der Waals surface area contributed by atoms with E-state index in [2.05, 4.69) is 0 Å². The summed E-state index contributed by atoms with van der Waals surface area (Å²) in [6.45, 7) is 0.623. The summed E-state index contributed by atoms with van der Waals surface area (Å²) >= 11 is 0. The van der Waals surface area contributed by atoms with Crippen molar-refractivity contribution in [2.75, 3.05) is 12.3 Å². The Morgan fingerprint density at radius 2 is 2.08 bits per heavy atom. The second-order valence-corrected chi connectivity index (χ2v) is 3.72. The number of hydrogen-bond acceptors (Lipinski definition) is 2. The number of anilines is 1. The molecule has 1 aliphatic carbocycles. The molecule has 0 unspecified atom stereocenters. The molecule has 1 aromatic carbocycles. The van der Waals surface area contributed by atoms with E-state index in [9.17, 15) is 4.39 Å². The molecule has 0 atom stereocenters. The van der Waals surface area contributed by atoms with Crippen LogP contribution in [0.25, 0.3) is 0 Å². The Labute approximate surface area is 76.7 Å². The minimum atomic E-state index is -0.350. The molecule has 13 heavy (non-hydrogen) atoms. The van der Waals surface area contributed by atoms with Gasteiger partial charge in [-0.05, 0) is 30.5 Å². The summed E-state index contributed by atoms with van der Waals surface area (Å²) in [4.78, 5) is 0. The van der Waals surface area contributed by atoms with Crippen LogP contribution in [-0.2, 0) is 5.41 Å². The number of halogens is 1. The number of benzene rings is 1. The van der Waals surface area contributed by atoms with Gasteiger partial charge >= 0.3 is 0 Å². The number of rotatable bonds is 2. The van der Waals surface area contributed by atoms with Crippen LogP contribution in [0.1, 0.15) is 18.4 Å². The van der Waals surface area contributed by atoms with Gasteiger partial charge in [-0.25, -0.2) is 4.39 Å². The number of hydrogen-bond donors (Lipinski definition) is 2. The molecular formula is C10H13FN2. The highest BCUT2D eigenvalue weighted by Gasteiger charge is 2.42. The van der Waals surface area contributed by atoms with Crippen LogP contribution in [0.3, 0.4) is 0 Å². The molecular weight excluding hydrogens is 167 g/mol. The van der Waals surface area contributed by atoms with Crippen LogP contribution in [0.2, 0.25) is 0 Å². The molecule has 3 heteroatoms. The summed E-state index contributed by atoms with van der Waals surface area (Å²) in [6.07, 6.45) is 2.18. The van der Waals surface area contributed by atoms with Crippen LogP contribution in [0.15, 0.2) is 18.2 Å². The molecule has 1 aliphatic rings. The maximum atomic E-state index is 12.9. The fourth-order valence-electron chi connectivity index (χ4n) is 1.64. The van der Waals surface area contributed by atoms with Crippen LogP contribution in [-0.4, -0.2) is 6.54 Å². The molecule has 0 saturated heterocycles. The Hall–Kier alpha value is -1.09. The van der Waals surface area contributed by atoms with Crippen LogP contribution in [0.4, 0.5) is 10.1 Å². The van der Waals surface area contributed by atoms with Gasteiger partial charge < -0.3 is 11.5 Å². The third kappa shape index (κ3) is 1.29. The van der Waals surface area contributed by atoms with E-state index in [1.165, 1.54) is 6.07 Å². The van der Waals surface area contributed by atoms with Gasteiger partial charge in [0.25, 0.3) is 0 Å². The normalized spacial score (nSPS) is 18.6. The summed E-state index contributed by atoms with van der Waals surface area (Å²) in [6, 6.07) is 4.90. The molecule has 1 fully saturated rings. The van der Waals surface area contributed by atoms with Crippen molar-refractivity contribution in [3.05, 3.63) is 29.6 Å². The van der Waals surface area contributed by atoms with E-state index in [1.807, 2.05) is 0 Å². The van der Waals surface area contributed by atoms with E-state index in [4.69, 9.17) is 11.5 Å². The Bertz CT molecular complexity index is 332. The lowest BCUT2D eigenvalue weighted by Crippen LogP contribution is -2.19. The Balaban J connectivity index is 2.37. The van der Waals surface area contributed by atoms with Crippen molar-refractivity contribution in [3.8, 4) is 0 Å². The molecule has 0 heterocycles. The van der Waals surface area contributed by atoms with E-state index >= 15 is 0 Å². The molecule has 1 aromatic rings. The number of nitrogen functional groups attached to an aromatic ring is 1. The van der Waals surface area contributed by atoms with E-state index in [0.717, 1.165) is 18.4 Å². The maximum Gasteiger partial charge on any atom is 0.146 e. The Morgan fingerprint density at radius 1 is 1.38 bits per heavy atom. The number of nitrogens with two attached hydrogens (primary N) is 2. The third-order valence-corrected chi connectivity index (χ3v) is 2.85. The zero-order chi connectivity index (χ0) is 9.47. The van der Waals surface area contributed by atoms with Gasteiger partial charge in [-0.1, -0.05) is 6.07 Å². The molecule has 2 nitrogen and oxygen atoms in total. The second kappa shape index (κ2) is 2.70. The lowest BCUT2D eigenvalue weighted by Gasteiger charge is -2.13. The SMILES string of the molecule is NCC1(c2ccc(F)c(N)c2)CC1. The van der Waals surface area contributed by atoms with E-state index in [-0.39, 0.29) is 16.9 Å². The summed E-state index contributed by atoms with van der Waals surface area (Å²) < 4.78 is 12.9. The van der Waals surface area contributed by atoms with Gasteiger partial charge in [-0.2, -0.15) is 0 Å². The van der Waals surface area contributed by atoms with E-state index in [1.54, 1.807) is 12.1 Å². The van der Waals surface area contributed by atoms with Crippen molar-refractivity contribution in [1.82, 2.24) is 0 Å². The smallest absolute Gasteiger partial charge is 0.146 e. The topological polar surface area (TPSA) is 52.0 Å². The molecule has 0 spiro atoms. The summed E-state index contributed by atoms with van der Waals surface area (Å²) in [7, 11) is 0. The maximum absolute atomic E-state index is 12.9. The van der Waals surface area contributed by atoms with Crippen LogP contribution >= 0.6 is 0 Å². The average molecular weight is 180 g/mol. The standard InChI is InChI=1S/C10H13FN2/c11-8-2-1-7(5-9(8)13)10(6-12)3-4-10/h1-2,5H,3-4,6,12-13H2. The first-order chi connectivity index (χ1) is 6.18. The molecule has 1 saturated carbocycles. The summed E-state index contributed by atoms with van der Waals surface area (Å²) in [5.41, 5.74) is 12.5. The highest BCUT2D eigenvalue weighted by atomic mass is 19.1. The van der Waals surface area contributed by atoms with Gasteiger partial charge in [0, 0.05) is 12.0 Å². The van der Waals surface area contributed by atoms with Crippen LogP contribution < -0.4 is 11.5 Å². The van der Waals surface area contributed by atoms with Crippen LogP contribution in [0.5, 0.6) is 0 Å². The van der Waals surface area contributed by atoms with E-state index < -0.39 is 0 Å². The zero-order valence-corrected chi connectivity index (χ0v) is 7.39. The molecule has 2 rings (SSSR count). The highest BCUT2D eigenvalue weighted by molar-refractivity contribution is 5.46. The van der Waals surface area contributed by atoms with Crippen molar-refractivity contribution in [2.24, 2.45) is 5.73 Å². The first-order valence-corrected chi connectivity index (χ1v) is 4.43. The molecule has 4 N–H and O–H groups in total. The second-order valence-electron chi connectivity index (χ2n) is 3.72. The van der Waals surface area contributed by atoms with Gasteiger partial charge in [0.15, 0.2) is 0 Å². The molecule has 0 bridgehead atoms. The fourth-order valence-corrected chi connectivity index (χ4v) is 1.64. The van der Waals surface area contributed by atoms with Gasteiger partial charge in [0.05, 0.1) is 5.69 Å². The molecule has 0 radical (unpaired) electrons. The largest absolute Gasteiger partial charge is 0.396 e. The van der Waals surface area contributed by atoms with Crippen molar-refractivity contribution < 1.29 is 4.39 Å². The highest BCUT2D eigenvalue weighted by Crippen LogP contribution is 2.47. The van der Waals surface area contributed by atoms with Gasteiger partial charge in [0.2, 0.25) is 0 Å². The van der Waals surface area contributed by atoms with Gasteiger partial charge in [-0.3, -0.25) is 0 Å². The fraction of sp³-hybridized carbons (Fsp3) is 0.400. The van der Waals surface area contributed by atoms with Gasteiger partial charge in [0.1, 0.15) is 5.82 Å². The first-order valence-electron chi connectivity index (χ1n) is 4.43. The molecule has 0 aromatic heterocycles. The molecule has 0 amide bonds. The lowest BCUT2D eigenvalue weighted by atomic mass is 9.96. The predicted molar refractivity (Wildman–Crippen MR) is 50.8 cm³/mol. The van der Waals surface area contributed by atoms with Crippen molar-refractivity contribution in [2.45, 2.75) is 18.3 Å². The molecule has 70 valence electrons. The summed E-state index contributed by atoms with van der Waals surface area (Å²) in [5, 5.41) is 0. The van der Waals surface area contributed by atoms with Crippen molar-refractivity contribution in [3.63, 3.8) is 0 Å². The monoisotopic (exact) mass is 180 g/mol. The van der Waals surface area contributed by atoms with Crippen molar-refractivity contribution >= 4 is 5.69 Å². The Morgan fingerprint density at radius 3 is 2.54 bits per heavy atom. The quantitative estimate of drug-likeness (QED) is 0.676. The van der Waals surface area contributed by atoms with Crippen LogP contribution in [0, 0.1) is 5.82 Å². The van der Waals surface area contributed by atoms with Crippen molar-refractivity contribution in [1.29, 1.82) is 0 Å². The zero-order valence-electron chi connectivity index (χ0n) is 7.39. The summed E-state index contributed by atoms with van der Waals surface area (Å²) in [5.74, 6) is -0.350. The Kier molecular flexibility index (Phi) is 1.77.